The molecule has 0 unspecified atom stereocenters. The smallest absolute Gasteiger partial charge is 0.120 e. The molecule has 108 valence electrons. The molecule has 1 aromatic rings. The fraction of sp³-hybridized carbons (Fsp3) is 0.562. The van der Waals surface area contributed by atoms with Crippen LogP contribution in [-0.4, -0.2) is 36.2 Å². The van der Waals surface area contributed by atoms with Gasteiger partial charge in [0.05, 0.1) is 11.6 Å². The Morgan fingerprint density at radius 3 is 2.65 bits per heavy atom. The van der Waals surface area contributed by atoms with Gasteiger partial charge in [-0.25, -0.2) is 0 Å². The van der Waals surface area contributed by atoms with Crippen LogP contribution in [0.15, 0.2) is 18.2 Å². The van der Waals surface area contributed by atoms with Crippen molar-refractivity contribution in [2.24, 2.45) is 5.92 Å². The van der Waals surface area contributed by atoms with Crippen LogP contribution in [-0.2, 0) is 0 Å². The zero-order valence-electron chi connectivity index (χ0n) is 12.3. The third-order valence-electron chi connectivity index (χ3n) is 3.80. The highest BCUT2D eigenvalue weighted by Gasteiger charge is 2.25. The van der Waals surface area contributed by atoms with Gasteiger partial charge in [0, 0.05) is 37.8 Å². The van der Waals surface area contributed by atoms with Gasteiger partial charge in [-0.15, -0.1) is 0 Å². The van der Waals surface area contributed by atoms with Crippen LogP contribution in [0.4, 0.5) is 0 Å². The van der Waals surface area contributed by atoms with Crippen molar-refractivity contribution in [1.82, 2.24) is 10.2 Å². The molecule has 1 saturated heterocycles. The molecule has 2 N–H and O–H groups in total. The summed E-state index contributed by atoms with van der Waals surface area (Å²) in [6.07, 6.45) is 0.989. The van der Waals surface area contributed by atoms with Crippen LogP contribution in [0.5, 0.6) is 5.75 Å². The molecule has 0 aromatic heterocycles. The average molecular weight is 273 g/mol. The first-order valence-corrected chi connectivity index (χ1v) is 7.29. The number of phenolic OH excluding ortho intramolecular Hbond substituents is 1. The summed E-state index contributed by atoms with van der Waals surface area (Å²) < 4.78 is 0. The second-order valence-electron chi connectivity index (χ2n) is 5.82. The Morgan fingerprint density at radius 1 is 1.35 bits per heavy atom. The summed E-state index contributed by atoms with van der Waals surface area (Å²) in [4.78, 5) is 2.41. The maximum atomic E-state index is 10.2. The molecule has 1 aliphatic heterocycles. The van der Waals surface area contributed by atoms with Gasteiger partial charge in [0.15, 0.2) is 0 Å². The van der Waals surface area contributed by atoms with Gasteiger partial charge < -0.3 is 10.4 Å². The number of piperazine rings is 1. The molecule has 20 heavy (non-hydrogen) atoms. The van der Waals surface area contributed by atoms with E-state index in [1.54, 1.807) is 12.1 Å². The van der Waals surface area contributed by atoms with Gasteiger partial charge in [-0.1, -0.05) is 13.8 Å². The molecule has 0 aliphatic carbocycles. The maximum absolute atomic E-state index is 10.2. The van der Waals surface area contributed by atoms with Crippen LogP contribution in [0.2, 0.25) is 0 Å². The van der Waals surface area contributed by atoms with Crippen molar-refractivity contribution < 1.29 is 5.11 Å². The van der Waals surface area contributed by atoms with E-state index < -0.39 is 0 Å². The van der Waals surface area contributed by atoms with E-state index in [1.807, 2.05) is 6.07 Å². The monoisotopic (exact) mass is 273 g/mol. The van der Waals surface area contributed by atoms with Crippen molar-refractivity contribution in [3.05, 3.63) is 29.3 Å². The van der Waals surface area contributed by atoms with Crippen molar-refractivity contribution in [1.29, 1.82) is 5.26 Å². The highest BCUT2D eigenvalue weighted by atomic mass is 16.3. The molecule has 4 heteroatoms. The van der Waals surface area contributed by atoms with E-state index in [9.17, 15) is 5.11 Å². The molecule has 1 heterocycles. The van der Waals surface area contributed by atoms with Crippen molar-refractivity contribution in [3.63, 3.8) is 0 Å². The Kier molecular flexibility index (Phi) is 4.99. The lowest BCUT2D eigenvalue weighted by Gasteiger charge is -2.36. The van der Waals surface area contributed by atoms with Crippen molar-refractivity contribution in [2.75, 3.05) is 26.2 Å². The molecule has 0 amide bonds. The standard InChI is InChI=1S/C16H23N3O/c1-12(2)9-15(19-7-5-18-6-8-19)14-10-13(11-17)3-4-16(14)20/h3-4,10,12,15,18,20H,5-9H2,1-2H3/t15-/m0/s1. The number of phenols is 1. The molecule has 1 aromatic carbocycles. The molecular formula is C16H23N3O. The SMILES string of the molecule is CC(C)C[C@@H](c1cc(C#N)ccc1O)N1CCNCC1. The minimum atomic E-state index is 0.186. The number of nitrogens with zero attached hydrogens (tertiary/aromatic N) is 2. The van der Waals surface area contributed by atoms with E-state index in [2.05, 4.69) is 30.1 Å². The molecule has 0 saturated carbocycles. The van der Waals surface area contributed by atoms with Gasteiger partial charge in [-0.2, -0.15) is 5.26 Å². The predicted octanol–water partition coefficient (Wildman–Crippen LogP) is 2.26. The Balaban J connectivity index is 2.32. The zero-order valence-corrected chi connectivity index (χ0v) is 12.3. The topological polar surface area (TPSA) is 59.3 Å². The van der Waals surface area contributed by atoms with Gasteiger partial charge in [0.25, 0.3) is 0 Å². The van der Waals surface area contributed by atoms with E-state index in [0.29, 0.717) is 17.2 Å². The first-order valence-electron chi connectivity index (χ1n) is 7.29. The van der Waals surface area contributed by atoms with E-state index in [4.69, 9.17) is 5.26 Å². The molecular weight excluding hydrogens is 250 g/mol. The summed E-state index contributed by atoms with van der Waals surface area (Å²) in [5, 5.41) is 22.6. The first kappa shape index (κ1) is 14.8. The molecule has 2 rings (SSSR count). The molecule has 0 spiro atoms. The number of benzene rings is 1. The van der Waals surface area contributed by atoms with Crippen molar-refractivity contribution >= 4 is 0 Å². The summed E-state index contributed by atoms with van der Waals surface area (Å²) in [6, 6.07) is 7.50. The molecule has 4 nitrogen and oxygen atoms in total. The fourth-order valence-corrected chi connectivity index (χ4v) is 2.80. The van der Waals surface area contributed by atoms with Crippen LogP contribution >= 0.6 is 0 Å². The minimum absolute atomic E-state index is 0.186. The molecule has 1 fully saturated rings. The van der Waals surface area contributed by atoms with Gasteiger partial charge in [0.1, 0.15) is 5.75 Å². The lowest BCUT2D eigenvalue weighted by atomic mass is 9.93. The summed E-state index contributed by atoms with van der Waals surface area (Å²) >= 11 is 0. The maximum Gasteiger partial charge on any atom is 0.120 e. The van der Waals surface area contributed by atoms with Crippen LogP contribution < -0.4 is 5.32 Å². The third-order valence-corrected chi connectivity index (χ3v) is 3.80. The highest BCUT2D eigenvalue weighted by molar-refractivity contribution is 5.43. The van der Waals surface area contributed by atoms with Crippen LogP contribution in [0.1, 0.15) is 37.4 Å². The van der Waals surface area contributed by atoms with E-state index >= 15 is 0 Å². The van der Waals surface area contributed by atoms with Gasteiger partial charge in [-0.05, 0) is 30.5 Å². The Morgan fingerprint density at radius 2 is 2.05 bits per heavy atom. The van der Waals surface area contributed by atoms with Gasteiger partial charge in [-0.3, -0.25) is 4.90 Å². The van der Waals surface area contributed by atoms with Gasteiger partial charge in [0.2, 0.25) is 0 Å². The van der Waals surface area contributed by atoms with Crippen molar-refractivity contribution in [3.8, 4) is 11.8 Å². The summed E-state index contributed by atoms with van der Waals surface area (Å²) in [5.41, 5.74) is 1.50. The Labute approximate surface area is 121 Å². The number of aromatic hydroxyl groups is 1. The lowest BCUT2D eigenvalue weighted by Crippen LogP contribution is -2.45. The Hall–Kier alpha value is -1.57. The molecule has 1 aliphatic rings. The highest BCUT2D eigenvalue weighted by Crippen LogP contribution is 2.34. The number of hydrogen-bond donors (Lipinski definition) is 2. The lowest BCUT2D eigenvalue weighted by molar-refractivity contribution is 0.151. The molecule has 0 bridgehead atoms. The quantitative estimate of drug-likeness (QED) is 0.883. The van der Waals surface area contributed by atoms with E-state index in [-0.39, 0.29) is 6.04 Å². The van der Waals surface area contributed by atoms with Crippen LogP contribution in [0.25, 0.3) is 0 Å². The Bertz CT molecular complexity index is 487. The minimum Gasteiger partial charge on any atom is -0.508 e. The second kappa shape index (κ2) is 6.74. The number of rotatable bonds is 4. The largest absolute Gasteiger partial charge is 0.508 e. The zero-order chi connectivity index (χ0) is 14.5. The van der Waals surface area contributed by atoms with E-state index in [1.165, 1.54) is 0 Å². The average Bonchev–Trinajstić information content (AvgIpc) is 2.46. The summed E-state index contributed by atoms with van der Waals surface area (Å²) in [5.74, 6) is 0.841. The molecule has 0 radical (unpaired) electrons. The first-order chi connectivity index (χ1) is 9.61. The van der Waals surface area contributed by atoms with E-state index in [0.717, 1.165) is 38.2 Å². The normalized spacial score (nSPS) is 17.9. The number of nitrogens with one attached hydrogen (secondary N) is 1. The molecule has 1 atom stereocenters. The summed E-state index contributed by atoms with van der Waals surface area (Å²) in [6.45, 7) is 8.31. The summed E-state index contributed by atoms with van der Waals surface area (Å²) in [7, 11) is 0. The van der Waals surface area contributed by atoms with Gasteiger partial charge >= 0.3 is 0 Å². The fourth-order valence-electron chi connectivity index (χ4n) is 2.80. The third kappa shape index (κ3) is 3.50. The van der Waals surface area contributed by atoms with Crippen LogP contribution in [0.3, 0.4) is 0 Å². The number of nitriles is 1. The second-order valence-corrected chi connectivity index (χ2v) is 5.82. The van der Waals surface area contributed by atoms with Crippen LogP contribution in [0, 0.1) is 17.2 Å². The van der Waals surface area contributed by atoms with Crippen molar-refractivity contribution in [2.45, 2.75) is 26.3 Å². The predicted molar refractivity (Wildman–Crippen MR) is 79.5 cm³/mol. The number of hydrogen-bond acceptors (Lipinski definition) is 4.